The molecule has 8 heteroatoms. The highest BCUT2D eigenvalue weighted by atomic mass is 32.2. The second-order valence-electron chi connectivity index (χ2n) is 7.73. The van der Waals surface area contributed by atoms with Gasteiger partial charge in [-0.3, -0.25) is 4.79 Å². The van der Waals surface area contributed by atoms with E-state index < -0.39 is 5.60 Å². The molecule has 0 aromatic carbocycles. The van der Waals surface area contributed by atoms with Crippen LogP contribution in [-0.2, 0) is 9.63 Å². The number of hydrogen-bond donors (Lipinski definition) is 1. The van der Waals surface area contributed by atoms with E-state index in [9.17, 15) is 4.79 Å². The Kier molecular flexibility index (Phi) is 4.54. The van der Waals surface area contributed by atoms with E-state index in [1.165, 1.54) is 0 Å². The normalized spacial score (nSPS) is 33.0. The first kappa shape index (κ1) is 17.6. The molecule has 1 aromatic rings. The van der Waals surface area contributed by atoms with E-state index in [0.717, 1.165) is 42.6 Å². The largest absolute Gasteiger partial charge is 0.379 e. The van der Waals surface area contributed by atoms with Crippen molar-refractivity contribution in [2.45, 2.75) is 49.9 Å². The van der Waals surface area contributed by atoms with Crippen molar-refractivity contribution in [2.75, 3.05) is 24.2 Å². The molecule has 140 valence electrons. The molecule has 1 amide bonds. The lowest BCUT2D eigenvalue weighted by Gasteiger charge is -2.39. The Morgan fingerprint density at radius 1 is 1.38 bits per heavy atom. The van der Waals surface area contributed by atoms with Gasteiger partial charge in [0.15, 0.2) is 5.16 Å². The van der Waals surface area contributed by atoms with Crippen molar-refractivity contribution in [1.82, 2.24) is 15.3 Å². The number of oxime groups is 1. The van der Waals surface area contributed by atoms with Gasteiger partial charge in [-0.2, -0.15) is 0 Å². The minimum Gasteiger partial charge on any atom is -0.379 e. The molecule has 1 saturated heterocycles. The predicted molar refractivity (Wildman–Crippen MR) is 101 cm³/mol. The molecule has 1 saturated carbocycles. The maximum atomic E-state index is 12.8. The summed E-state index contributed by atoms with van der Waals surface area (Å²) in [4.78, 5) is 29.4. The standard InChI is InChI=1S/C18H25N5O2S/c1-11-8-18(2,25-22-11)16(24)21-15-12-4-5-13(15)10-23(9-12)14-6-7-19-17(20-14)26-3/h6-7,12-13,15H,4-5,8-10H2,1-3H3,(H,21,24)/t12-,13+,15?,18?. The summed E-state index contributed by atoms with van der Waals surface area (Å²) < 4.78 is 0. The van der Waals surface area contributed by atoms with Crippen LogP contribution in [-0.4, -0.2) is 52.6 Å². The van der Waals surface area contributed by atoms with E-state index in [-0.39, 0.29) is 11.9 Å². The molecule has 7 nitrogen and oxygen atoms in total. The van der Waals surface area contributed by atoms with Crippen LogP contribution >= 0.6 is 11.8 Å². The lowest BCUT2D eigenvalue weighted by atomic mass is 9.90. The van der Waals surface area contributed by atoms with Gasteiger partial charge in [-0.1, -0.05) is 16.9 Å². The summed E-state index contributed by atoms with van der Waals surface area (Å²) >= 11 is 1.56. The minimum atomic E-state index is -0.861. The number of nitrogens with zero attached hydrogens (tertiary/aromatic N) is 4. The molecule has 0 radical (unpaired) electrons. The van der Waals surface area contributed by atoms with Crippen LogP contribution in [0.4, 0.5) is 5.82 Å². The van der Waals surface area contributed by atoms with Crippen LogP contribution in [0.5, 0.6) is 0 Å². The third-order valence-electron chi connectivity index (χ3n) is 5.73. The topological polar surface area (TPSA) is 79.7 Å². The Bertz CT molecular complexity index is 728. The average molecular weight is 375 g/mol. The summed E-state index contributed by atoms with van der Waals surface area (Å²) in [6, 6.07) is 2.19. The molecule has 2 bridgehead atoms. The zero-order valence-electron chi connectivity index (χ0n) is 15.4. The smallest absolute Gasteiger partial charge is 0.267 e. The number of aromatic nitrogens is 2. The van der Waals surface area contributed by atoms with Crippen molar-refractivity contribution >= 4 is 29.2 Å². The van der Waals surface area contributed by atoms with E-state index in [1.54, 1.807) is 11.8 Å². The molecule has 3 heterocycles. The molecule has 2 fully saturated rings. The number of nitrogens with one attached hydrogen (secondary N) is 1. The van der Waals surface area contributed by atoms with Gasteiger partial charge < -0.3 is 15.1 Å². The molecule has 2 unspecified atom stereocenters. The summed E-state index contributed by atoms with van der Waals surface area (Å²) in [6.45, 7) is 5.55. The zero-order valence-corrected chi connectivity index (χ0v) is 16.3. The highest BCUT2D eigenvalue weighted by molar-refractivity contribution is 7.98. The van der Waals surface area contributed by atoms with Crippen LogP contribution in [0.1, 0.15) is 33.1 Å². The Morgan fingerprint density at radius 2 is 2.12 bits per heavy atom. The number of carbonyl (C=O) groups excluding carboxylic acids is 1. The first-order chi connectivity index (χ1) is 12.5. The molecule has 4 atom stereocenters. The Hall–Kier alpha value is -1.83. The molecular formula is C18H25N5O2S. The molecule has 0 spiro atoms. The summed E-state index contributed by atoms with van der Waals surface area (Å²) in [5.74, 6) is 1.83. The summed E-state index contributed by atoms with van der Waals surface area (Å²) in [7, 11) is 0. The minimum absolute atomic E-state index is 0.0415. The third kappa shape index (κ3) is 3.15. The van der Waals surface area contributed by atoms with Gasteiger partial charge in [0, 0.05) is 31.7 Å². The van der Waals surface area contributed by atoms with E-state index in [1.807, 2.05) is 32.4 Å². The maximum absolute atomic E-state index is 12.8. The molecule has 3 aliphatic rings. The second-order valence-corrected chi connectivity index (χ2v) is 8.50. The van der Waals surface area contributed by atoms with Gasteiger partial charge in [0.2, 0.25) is 5.60 Å². The fourth-order valence-corrected chi connectivity index (χ4v) is 4.76. The lowest BCUT2D eigenvalue weighted by Crippen LogP contribution is -2.57. The molecule has 2 aliphatic heterocycles. The summed E-state index contributed by atoms with van der Waals surface area (Å²) in [5, 5.41) is 8.03. The number of fused-ring (bicyclic) bond motifs is 2. The summed E-state index contributed by atoms with van der Waals surface area (Å²) in [6.07, 6.45) is 6.65. The molecule has 1 aromatic heterocycles. The Balaban J connectivity index is 1.43. The monoisotopic (exact) mass is 375 g/mol. The van der Waals surface area contributed by atoms with Crippen LogP contribution in [0, 0.1) is 11.8 Å². The maximum Gasteiger partial charge on any atom is 0.267 e. The predicted octanol–water partition coefficient (Wildman–Crippen LogP) is 2.08. The lowest BCUT2D eigenvalue weighted by molar-refractivity contribution is -0.143. The SMILES string of the molecule is CSc1nccc(N2C[C@H]3CC[C@@H](C2)C3NC(=O)C2(C)CC(C)=NO2)n1. The first-order valence-corrected chi connectivity index (χ1v) is 10.4. The van der Waals surface area contributed by atoms with E-state index in [2.05, 4.69) is 25.3 Å². The third-order valence-corrected chi connectivity index (χ3v) is 6.30. The van der Waals surface area contributed by atoms with Gasteiger partial charge in [-0.05, 0) is 50.8 Å². The van der Waals surface area contributed by atoms with Crippen LogP contribution < -0.4 is 10.2 Å². The Morgan fingerprint density at radius 3 is 2.73 bits per heavy atom. The number of hydrogen-bond acceptors (Lipinski definition) is 7. The van der Waals surface area contributed by atoms with Gasteiger partial charge in [-0.15, -0.1) is 0 Å². The Labute approximate surface area is 158 Å². The number of rotatable bonds is 4. The average Bonchev–Trinajstić information content (AvgIpc) is 3.10. The van der Waals surface area contributed by atoms with Crippen LogP contribution in [0.2, 0.25) is 0 Å². The van der Waals surface area contributed by atoms with Crippen molar-refractivity contribution in [1.29, 1.82) is 0 Å². The van der Waals surface area contributed by atoms with Crippen LogP contribution in [0.3, 0.4) is 0 Å². The fraction of sp³-hybridized carbons (Fsp3) is 0.667. The first-order valence-electron chi connectivity index (χ1n) is 9.13. The van der Waals surface area contributed by atoms with Crippen molar-refractivity contribution in [3.8, 4) is 0 Å². The number of piperidine rings is 1. The van der Waals surface area contributed by atoms with Crippen molar-refractivity contribution in [3.05, 3.63) is 12.3 Å². The number of amides is 1. The molecule has 26 heavy (non-hydrogen) atoms. The highest BCUT2D eigenvalue weighted by Crippen LogP contribution is 2.39. The van der Waals surface area contributed by atoms with Crippen LogP contribution in [0.25, 0.3) is 0 Å². The van der Waals surface area contributed by atoms with E-state index in [4.69, 9.17) is 4.84 Å². The van der Waals surface area contributed by atoms with Gasteiger partial charge in [0.25, 0.3) is 5.91 Å². The van der Waals surface area contributed by atoms with Gasteiger partial charge in [0.1, 0.15) is 5.82 Å². The second kappa shape index (κ2) is 6.72. The van der Waals surface area contributed by atoms with Crippen LogP contribution in [0.15, 0.2) is 22.6 Å². The van der Waals surface area contributed by atoms with Crippen molar-refractivity contribution in [3.63, 3.8) is 0 Å². The number of carbonyl (C=O) groups is 1. The van der Waals surface area contributed by atoms with Gasteiger partial charge in [0.05, 0.1) is 5.71 Å². The van der Waals surface area contributed by atoms with Crippen molar-refractivity contribution in [2.24, 2.45) is 17.0 Å². The zero-order chi connectivity index (χ0) is 18.3. The fourth-order valence-electron chi connectivity index (χ4n) is 4.41. The molecule has 1 aliphatic carbocycles. The van der Waals surface area contributed by atoms with E-state index >= 15 is 0 Å². The summed E-state index contributed by atoms with van der Waals surface area (Å²) in [5.41, 5.74) is 0.00871. The highest BCUT2D eigenvalue weighted by Gasteiger charge is 2.47. The van der Waals surface area contributed by atoms with Gasteiger partial charge in [-0.25, -0.2) is 9.97 Å². The quantitative estimate of drug-likeness (QED) is 0.641. The van der Waals surface area contributed by atoms with Crippen molar-refractivity contribution < 1.29 is 9.63 Å². The van der Waals surface area contributed by atoms with E-state index in [0.29, 0.717) is 18.3 Å². The molecular weight excluding hydrogens is 350 g/mol. The van der Waals surface area contributed by atoms with Gasteiger partial charge >= 0.3 is 0 Å². The molecule has 1 N–H and O–H groups in total. The molecule has 4 rings (SSSR count). The number of anilines is 1. The number of thioether (sulfide) groups is 1.